The molecule has 1 aromatic carbocycles. The number of aryl methyl sites for hydroxylation is 1. The van der Waals surface area contributed by atoms with Gasteiger partial charge in [-0.3, -0.25) is 0 Å². The quantitative estimate of drug-likeness (QED) is 0.914. The van der Waals surface area contributed by atoms with Crippen LogP contribution in [0.4, 0.5) is 13.2 Å². The highest BCUT2D eigenvalue weighted by atomic mass is 19.4. The third kappa shape index (κ3) is 3.44. The number of hydrogen-bond donors (Lipinski definition) is 1. The molecule has 0 spiro atoms. The maximum absolute atomic E-state index is 13.3. The lowest BCUT2D eigenvalue weighted by Gasteiger charge is -2.16. The number of aromatic nitrogens is 2. The highest BCUT2D eigenvalue weighted by Gasteiger charge is 2.34. The fourth-order valence-corrected chi connectivity index (χ4v) is 2.21. The summed E-state index contributed by atoms with van der Waals surface area (Å²) in [5.74, 6) is 0.611. The largest absolute Gasteiger partial charge is 0.418 e. The molecule has 1 heterocycles. The molecule has 0 atom stereocenters. The van der Waals surface area contributed by atoms with E-state index in [4.69, 9.17) is 0 Å². The average Bonchev–Trinajstić information content (AvgIpc) is 2.92. The second-order valence-corrected chi connectivity index (χ2v) is 4.70. The van der Waals surface area contributed by atoms with E-state index in [0.29, 0.717) is 30.9 Å². The zero-order chi connectivity index (χ0) is 15.5. The predicted octanol–water partition coefficient (Wildman–Crippen LogP) is 3.56. The van der Waals surface area contributed by atoms with Crippen LogP contribution in [0.15, 0.2) is 30.6 Å². The first-order valence-electron chi connectivity index (χ1n) is 6.90. The van der Waals surface area contributed by atoms with Crippen LogP contribution in [0.5, 0.6) is 0 Å². The molecule has 0 aliphatic rings. The molecule has 6 heteroatoms. The summed E-state index contributed by atoms with van der Waals surface area (Å²) in [7, 11) is 0. The highest BCUT2D eigenvalue weighted by Crippen LogP contribution is 2.35. The van der Waals surface area contributed by atoms with Crippen molar-refractivity contribution in [2.45, 2.75) is 33.0 Å². The molecule has 0 fully saturated rings. The lowest BCUT2D eigenvalue weighted by Crippen LogP contribution is -2.15. The SMILES string of the molecule is CCNCc1ccc(-n2ccnc2CC)c(C(F)(F)F)c1. The fraction of sp³-hybridized carbons (Fsp3) is 0.400. The maximum Gasteiger partial charge on any atom is 0.418 e. The van der Waals surface area contributed by atoms with Gasteiger partial charge in [-0.1, -0.05) is 19.9 Å². The van der Waals surface area contributed by atoms with Crippen LogP contribution in [-0.4, -0.2) is 16.1 Å². The van der Waals surface area contributed by atoms with Crippen LogP contribution in [-0.2, 0) is 19.1 Å². The number of alkyl halides is 3. The topological polar surface area (TPSA) is 29.9 Å². The molecule has 2 aromatic rings. The number of nitrogens with one attached hydrogen (secondary N) is 1. The predicted molar refractivity (Wildman–Crippen MR) is 75.3 cm³/mol. The number of imidazole rings is 1. The molecule has 0 saturated carbocycles. The van der Waals surface area contributed by atoms with E-state index in [-0.39, 0.29) is 5.69 Å². The van der Waals surface area contributed by atoms with E-state index in [1.807, 2.05) is 13.8 Å². The third-order valence-electron chi connectivity index (χ3n) is 3.24. The molecule has 0 amide bonds. The summed E-state index contributed by atoms with van der Waals surface area (Å²) in [6.45, 7) is 4.92. The van der Waals surface area contributed by atoms with Crippen LogP contribution < -0.4 is 5.32 Å². The molecule has 0 saturated heterocycles. The summed E-state index contributed by atoms with van der Waals surface area (Å²) >= 11 is 0. The standard InChI is InChI=1S/C15H18F3N3/c1-3-14-20-7-8-21(14)13-6-5-11(10-19-4-2)9-12(13)15(16,17)18/h5-9,19H,3-4,10H2,1-2H3. The molecule has 1 N–H and O–H groups in total. The summed E-state index contributed by atoms with van der Waals surface area (Å²) in [5.41, 5.74) is 0.105. The van der Waals surface area contributed by atoms with Gasteiger partial charge in [0.25, 0.3) is 0 Å². The Kier molecular flexibility index (Phi) is 4.67. The van der Waals surface area contributed by atoms with Crippen molar-refractivity contribution in [1.82, 2.24) is 14.9 Å². The molecule has 114 valence electrons. The van der Waals surface area contributed by atoms with E-state index >= 15 is 0 Å². The molecule has 0 bridgehead atoms. The minimum absolute atomic E-state index is 0.122. The molecule has 21 heavy (non-hydrogen) atoms. The van der Waals surface area contributed by atoms with Gasteiger partial charge in [0, 0.05) is 25.4 Å². The van der Waals surface area contributed by atoms with Crippen LogP contribution in [0.3, 0.4) is 0 Å². The second-order valence-electron chi connectivity index (χ2n) is 4.70. The van der Waals surface area contributed by atoms with Crippen molar-refractivity contribution in [3.8, 4) is 5.69 Å². The van der Waals surface area contributed by atoms with Crippen molar-refractivity contribution in [2.75, 3.05) is 6.54 Å². The Hall–Kier alpha value is -1.82. The Bertz CT molecular complexity index is 602. The fourth-order valence-electron chi connectivity index (χ4n) is 2.21. The monoisotopic (exact) mass is 297 g/mol. The van der Waals surface area contributed by atoms with Gasteiger partial charge in [0.1, 0.15) is 5.82 Å². The Morgan fingerprint density at radius 3 is 2.62 bits per heavy atom. The van der Waals surface area contributed by atoms with Crippen LogP contribution >= 0.6 is 0 Å². The first-order chi connectivity index (χ1) is 9.97. The van der Waals surface area contributed by atoms with Gasteiger partial charge in [-0.15, -0.1) is 0 Å². The third-order valence-corrected chi connectivity index (χ3v) is 3.24. The van der Waals surface area contributed by atoms with Gasteiger partial charge in [-0.25, -0.2) is 4.98 Å². The second kappa shape index (κ2) is 6.30. The molecule has 3 nitrogen and oxygen atoms in total. The van der Waals surface area contributed by atoms with Gasteiger partial charge in [-0.05, 0) is 24.2 Å². The van der Waals surface area contributed by atoms with Crippen molar-refractivity contribution >= 4 is 0 Å². The van der Waals surface area contributed by atoms with E-state index < -0.39 is 11.7 Å². The number of benzene rings is 1. The average molecular weight is 297 g/mol. The van der Waals surface area contributed by atoms with Crippen LogP contribution in [0, 0.1) is 0 Å². The zero-order valence-electron chi connectivity index (χ0n) is 12.0. The smallest absolute Gasteiger partial charge is 0.313 e. The highest BCUT2D eigenvalue weighted by molar-refractivity contribution is 5.46. The van der Waals surface area contributed by atoms with E-state index in [9.17, 15) is 13.2 Å². The molecule has 0 unspecified atom stereocenters. The van der Waals surface area contributed by atoms with Crippen LogP contribution in [0.25, 0.3) is 5.69 Å². The van der Waals surface area contributed by atoms with Gasteiger partial charge in [-0.2, -0.15) is 13.2 Å². The Balaban J connectivity index is 2.50. The Morgan fingerprint density at radius 2 is 2.00 bits per heavy atom. The van der Waals surface area contributed by atoms with E-state index in [0.717, 1.165) is 0 Å². The van der Waals surface area contributed by atoms with Gasteiger partial charge < -0.3 is 9.88 Å². The molecular weight excluding hydrogens is 279 g/mol. The molecule has 0 aliphatic carbocycles. The Morgan fingerprint density at radius 1 is 1.24 bits per heavy atom. The summed E-state index contributed by atoms with van der Waals surface area (Å²) < 4.78 is 41.5. The minimum atomic E-state index is -4.40. The van der Waals surface area contributed by atoms with Gasteiger partial charge in [0.15, 0.2) is 0 Å². The lowest BCUT2D eigenvalue weighted by atomic mass is 10.1. The van der Waals surface area contributed by atoms with Crippen LogP contribution in [0.2, 0.25) is 0 Å². The minimum Gasteiger partial charge on any atom is -0.313 e. The number of hydrogen-bond acceptors (Lipinski definition) is 2. The maximum atomic E-state index is 13.3. The summed E-state index contributed by atoms with van der Waals surface area (Å²) in [4.78, 5) is 4.09. The number of rotatable bonds is 5. The van der Waals surface area contributed by atoms with Gasteiger partial charge in [0.2, 0.25) is 0 Å². The number of nitrogens with zero attached hydrogens (tertiary/aromatic N) is 2. The summed E-state index contributed by atoms with van der Waals surface area (Å²) in [6.07, 6.45) is -0.741. The van der Waals surface area contributed by atoms with Crippen molar-refractivity contribution in [2.24, 2.45) is 0 Å². The molecule has 0 aliphatic heterocycles. The van der Waals surface area contributed by atoms with Crippen molar-refractivity contribution < 1.29 is 13.2 Å². The van der Waals surface area contributed by atoms with E-state index in [1.165, 1.54) is 22.9 Å². The summed E-state index contributed by atoms with van der Waals surface area (Å²) in [5, 5.41) is 3.03. The number of halogens is 3. The normalized spacial score (nSPS) is 11.9. The molecule has 2 rings (SSSR count). The van der Waals surface area contributed by atoms with Crippen molar-refractivity contribution in [3.05, 3.63) is 47.5 Å². The lowest BCUT2D eigenvalue weighted by molar-refractivity contribution is -0.137. The molecular formula is C15H18F3N3. The first kappa shape index (κ1) is 15.6. The zero-order valence-corrected chi connectivity index (χ0v) is 12.0. The van der Waals surface area contributed by atoms with Crippen LogP contribution in [0.1, 0.15) is 30.8 Å². The van der Waals surface area contributed by atoms with Gasteiger partial charge >= 0.3 is 6.18 Å². The molecule has 0 radical (unpaired) electrons. The Labute approximate surface area is 121 Å². The molecule has 1 aromatic heterocycles. The van der Waals surface area contributed by atoms with E-state index in [2.05, 4.69) is 10.3 Å². The van der Waals surface area contributed by atoms with E-state index in [1.54, 1.807) is 12.3 Å². The van der Waals surface area contributed by atoms with Crippen molar-refractivity contribution in [3.63, 3.8) is 0 Å². The van der Waals surface area contributed by atoms with Gasteiger partial charge in [0.05, 0.1) is 11.3 Å². The van der Waals surface area contributed by atoms with Crippen molar-refractivity contribution in [1.29, 1.82) is 0 Å². The first-order valence-corrected chi connectivity index (χ1v) is 6.90. The summed E-state index contributed by atoms with van der Waals surface area (Å²) in [6, 6.07) is 4.43.